The maximum atomic E-state index is 8.89. The number of fused-ring (bicyclic) bond motifs is 1. The van der Waals surface area contributed by atoms with E-state index in [0.29, 0.717) is 5.56 Å². The van der Waals surface area contributed by atoms with Gasteiger partial charge in [0.1, 0.15) is 0 Å². The Hall–Kier alpha value is -3.71. The number of aliphatic imine (C=N–C) groups is 1. The van der Waals surface area contributed by atoms with Crippen LogP contribution in [-0.4, -0.2) is 15.8 Å². The van der Waals surface area contributed by atoms with Crippen molar-refractivity contribution >= 4 is 22.8 Å². The Morgan fingerprint density at radius 1 is 1.04 bits per heavy atom. The van der Waals surface area contributed by atoms with Gasteiger partial charge in [0.25, 0.3) is 0 Å². The minimum atomic E-state index is 0.637. The molecule has 130 valence electrons. The lowest BCUT2D eigenvalue weighted by atomic mass is 10.2. The Balaban J connectivity index is 1.70. The highest BCUT2D eigenvalue weighted by molar-refractivity contribution is 5.85. The number of nitriles is 1. The standard InChI is InChI=1S/C23H18N4/c1-16-12-20(15-26-21-7-5-18(14-24)6-8-21)17(2)27(16)22-9-10-23-19(13-22)4-3-11-25-23/h3-13,15H,1-2H3. The van der Waals surface area contributed by atoms with E-state index in [2.05, 4.69) is 58.7 Å². The van der Waals surface area contributed by atoms with Crippen molar-refractivity contribution < 1.29 is 0 Å². The summed E-state index contributed by atoms with van der Waals surface area (Å²) < 4.78 is 2.23. The molecule has 2 aromatic heterocycles. The van der Waals surface area contributed by atoms with Crippen LogP contribution in [0.25, 0.3) is 16.6 Å². The fourth-order valence-electron chi connectivity index (χ4n) is 3.28. The molecule has 0 saturated carbocycles. The quantitative estimate of drug-likeness (QED) is 0.473. The summed E-state index contributed by atoms with van der Waals surface area (Å²) in [7, 11) is 0. The van der Waals surface area contributed by atoms with Crippen LogP contribution in [0.3, 0.4) is 0 Å². The molecule has 4 nitrogen and oxygen atoms in total. The molecule has 0 aliphatic rings. The summed E-state index contributed by atoms with van der Waals surface area (Å²) in [5, 5.41) is 10.0. The lowest BCUT2D eigenvalue weighted by molar-refractivity contribution is 0.967. The van der Waals surface area contributed by atoms with Crippen LogP contribution < -0.4 is 0 Å². The maximum absolute atomic E-state index is 8.89. The van der Waals surface area contributed by atoms with Crippen molar-refractivity contribution in [2.75, 3.05) is 0 Å². The van der Waals surface area contributed by atoms with Crippen LogP contribution in [-0.2, 0) is 0 Å². The molecule has 0 spiro atoms. The molecule has 27 heavy (non-hydrogen) atoms. The van der Waals surface area contributed by atoms with E-state index in [1.165, 1.54) is 0 Å². The maximum Gasteiger partial charge on any atom is 0.0991 e. The Bertz CT molecular complexity index is 1190. The molecule has 0 aliphatic heterocycles. The van der Waals surface area contributed by atoms with Crippen molar-refractivity contribution in [3.63, 3.8) is 0 Å². The third-order valence-corrected chi connectivity index (χ3v) is 4.66. The Labute approximate surface area is 158 Å². The summed E-state index contributed by atoms with van der Waals surface area (Å²) in [6.45, 7) is 4.19. The molecule has 0 unspecified atom stereocenters. The van der Waals surface area contributed by atoms with Crippen molar-refractivity contribution in [3.05, 3.63) is 89.4 Å². The van der Waals surface area contributed by atoms with Crippen LogP contribution in [0.2, 0.25) is 0 Å². The smallest absolute Gasteiger partial charge is 0.0991 e. The molecule has 0 N–H and O–H groups in total. The van der Waals surface area contributed by atoms with Gasteiger partial charge < -0.3 is 4.57 Å². The molecule has 2 heterocycles. The van der Waals surface area contributed by atoms with E-state index in [4.69, 9.17) is 5.26 Å². The van der Waals surface area contributed by atoms with Crippen molar-refractivity contribution in [1.29, 1.82) is 5.26 Å². The summed E-state index contributed by atoms with van der Waals surface area (Å²) >= 11 is 0. The molecular weight excluding hydrogens is 332 g/mol. The van der Waals surface area contributed by atoms with Gasteiger partial charge in [0.2, 0.25) is 0 Å². The predicted octanol–water partition coefficient (Wildman–Crippen LogP) is 5.26. The van der Waals surface area contributed by atoms with Crippen LogP contribution in [0, 0.1) is 25.2 Å². The average Bonchev–Trinajstić information content (AvgIpc) is 2.99. The highest BCUT2D eigenvalue weighted by atomic mass is 15.0. The summed E-state index contributed by atoms with van der Waals surface area (Å²) in [5.41, 5.74) is 6.93. The fourth-order valence-corrected chi connectivity index (χ4v) is 3.28. The SMILES string of the molecule is Cc1cc(C=Nc2ccc(C#N)cc2)c(C)n1-c1ccc2ncccc2c1. The second-order valence-electron chi connectivity index (χ2n) is 6.46. The third-order valence-electron chi connectivity index (χ3n) is 4.66. The van der Waals surface area contributed by atoms with E-state index >= 15 is 0 Å². The number of benzene rings is 2. The zero-order valence-electron chi connectivity index (χ0n) is 15.2. The van der Waals surface area contributed by atoms with Gasteiger partial charge in [-0.1, -0.05) is 6.07 Å². The number of aromatic nitrogens is 2. The first-order chi connectivity index (χ1) is 13.2. The fraction of sp³-hybridized carbons (Fsp3) is 0.0870. The van der Waals surface area contributed by atoms with Gasteiger partial charge in [0.15, 0.2) is 0 Å². The van der Waals surface area contributed by atoms with E-state index < -0.39 is 0 Å². The van der Waals surface area contributed by atoms with Gasteiger partial charge in [-0.25, -0.2) is 0 Å². The lowest BCUT2D eigenvalue weighted by Gasteiger charge is -2.10. The van der Waals surface area contributed by atoms with Crippen LogP contribution >= 0.6 is 0 Å². The van der Waals surface area contributed by atoms with Crippen molar-refractivity contribution in [1.82, 2.24) is 9.55 Å². The monoisotopic (exact) mass is 350 g/mol. The van der Waals surface area contributed by atoms with Crippen molar-refractivity contribution in [2.24, 2.45) is 4.99 Å². The zero-order chi connectivity index (χ0) is 18.8. The molecule has 0 amide bonds. The lowest BCUT2D eigenvalue weighted by Crippen LogP contribution is -1.99. The number of nitrogens with zero attached hydrogens (tertiary/aromatic N) is 4. The zero-order valence-corrected chi connectivity index (χ0v) is 15.2. The van der Waals surface area contributed by atoms with E-state index in [-0.39, 0.29) is 0 Å². The summed E-state index contributed by atoms with van der Waals surface area (Å²) in [4.78, 5) is 8.94. The molecule has 4 aromatic rings. The molecule has 0 atom stereocenters. The van der Waals surface area contributed by atoms with E-state index in [9.17, 15) is 0 Å². The van der Waals surface area contributed by atoms with Gasteiger partial charge in [0, 0.05) is 40.4 Å². The van der Waals surface area contributed by atoms with Crippen molar-refractivity contribution in [2.45, 2.75) is 13.8 Å². The molecule has 4 rings (SSSR count). The summed E-state index contributed by atoms with van der Waals surface area (Å²) in [6.07, 6.45) is 3.69. The topological polar surface area (TPSA) is 54.0 Å². The molecule has 0 aliphatic carbocycles. The Morgan fingerprint density at radius 3 is 2.63 bits per heavy atom. The molecule has 4 heteroatoms. The number of rotatable bonds is 3. The first-order valence-corrected chi connectivity index (χ1v) is 8.74. The highest BCUT2D eigenvalue weighted by Crippen LogP contribution is 2.23. The molecule has 0 fully saturated rings. The molecule has 0 saturated heterocycles. The minimum Gasteiger partial charge on any atom is -0.318 e. The van der Waals surface area contributed by atoms with Gasteiger partial charge >= 0.3 is 0 Å². The predicted molar refractivity (Wildman–Crippen MR) is 109 cm³/mol. The third kappa shape index (κ3) is 3.23. The first kappa shape index (κ1) is 16.7. The number of hydrogen-bond donors (Lipinski definition) is 0. The molecule has 2 aromatic carbocycles. The average molecular weight is 350 g/mol. The molecule has 0 radical (unpaired) electrons. The van der Waals surface area contributed by atoms with Crippen molar-refractivity contribution in [3.8, 4) is 11.8 Å². The first-order valence-electron chi connectivity index (χ1n) is 8.74. The number of hydrogen-bond acceptors (Lipinski definition) is 3. The summed E-state index contributed by atoms with van der Waals surface area (Å²) in [6, 6.07) is 21.8. The van der Waals surface area contributed by atoms with Crippen LogP contribution in [0.15, 0.2) is 71.9 Å². The van der Waals surface area contributed by atoms with Crippen LogP contribution in [0.4, 0.5) is 5.69 Å². The van der Waals surface area contributed by atoms with Gasteiger partial charge in [-0.05, 0) is 68.4 Å². The Morgan fingerprint density at radius 2 is 1.85 bits per heavy atom. The van der Waals surface area contributed by atoms with Gasteiger partial charge in [-0.3, -0.25) is 9.98 Å². The minimum absolute atomic E-state index is 0.637. The van der Waals surface area contributed by atoms with Gasteiger partial charge in [-0.15, -0.1) is 0 Å². The molecule has 0 bridgehead atoms. The number of pyridine rings is 1. The second kappa shape index (κ2) is 6.89. The largest absolute Gasteiger partial charge is 0.318 e. The molecular formula is C23H18N4. The normalized spacial score (nSPS) is 11.1. The highest BCUT2D eigenvalue weighted by Gasteiger charge is 2.10. The second-order valence-corrected chi connectivity index (χ2v) is 6.46. The van der Waals surface area contributed by atoms with Gasteiger partial charge in [-0.2, -0.15) is 5.26 Å². The Kier molecular flexibility index (Phi) is 4.27. The van der Waals surface area contributed by atoms with Crippen LogP contribution in [0.1, 0.15) is 22.5 Å². The summed E-state index contributed by atoms with van der Waals surface area (Å²) in [5.74, 6) is 0. The van der Waals surface area contributed by atoms with Gasteiger partial charge in [0.05, 0.1) is 22.8 Å². The van der Waals surface area contributed by atoms with E-state index in [1.807, 2.05) is 36.7 Å². The van der Waals surface area contributed by atoms with Crippen LogP contribution in [0.5, 0.6) is 0 Å². The van der Waals surface area contributed by atoms with E-state index in [0.717, 1.165) is 39.2 Å². The number of aryl methyl sites for hydroxylation is 1. The van der Waals surface area contributed by atoms with E-state index in [1.54, 1.807) is 12.1 Å².